The maximum atomic E-state index is 13.2. The fraction of sp³-hybridized carbons (Fsp3) is 0.526. The number of halogens is 1. The predicted molar refractivity (Wildman–Crippen MR) is 112 cm³/mol. The number of aliphatic hydroxyl groups excluding tert-OH is 1. The molecule has 3 heterocycles. The molecule has 2 aromatic rings. The number of hydrogen-bond donors (Lipinski definition) is 1. The summed E-state index contributed by atoms with van der Waals surface area (Å²) >= 11 is 5.10. The molecule has 1 saturated heterocycles. The zero-order chi connectivity index (χ0) is 19.7. The van der Waals surface area contributed by atoms with Crippen molar-refractivity contribution in [1.29, 1.82) is 0 Å². The zero-order valence-electron chi connectivity index (χ0n) is 15.8. The van der Waals surface area contributed by atoms with Crippen molar-refractivity contribution >= 4 is 33.6 Å². The monoisotopic (exact) mass is 465 g/mol. The number of aromatic nitrogens is 3. The Morgan fingerprint density at radius 1 is 1.32 bits per heavy atom. The van der Waals surface area contributed by atoms with Crippen LogP contribution in [0.4, 0.5) is 0 Å². The Bertz CT molecular complexity index is 853. The van der Waals surface area contributed by atoms with Crippen LogP contribution in [0.5, 0.6) is 0 Å². The molecule has 0 bridgehead atoms. The molecule has 1 aromatic heterocycles. The number of benzene rings is 1. The molecule has 7 nitrogen and oxygen atoms in total. The largest absolute Gasteiger partial charge is 0.395 e. The highest BCUT2D eigenvalue weighted by Gasteiger charge is 2.43. The molecule has 2 aliphatic rings. The molecule has 9 heteroatoms. The van der Waals surface area contributed by atoms with E-state index in [4.69, 9.17) is 0 Å². The van der Waals surface area contributed by atoms with Gasteiger partial charge in [-0.3, -0.25) is 14.6 Å². The Morgan fingerprint density at radius 2 is 2.11 bits per heavy atom. The van der Waals surface area contributed by atoms with Gasteiger partial charge in [0.1, 0.15) is 5.25 Å². The van der Waals surface area contributed by atoms with E-state index >= 15 is 0 Å². The lowest BCUT2D eigenvalue weighted by atomic mass is 10.00. The van der Waals surface area contributed by atoms with Crippen molar-refractivity contribution in [3.05, 3.63) is 40.1 Å². The van der Waals surface area contributed by atoms with Crippen LogP contribution >= 0.6 is 27.7 Å². The fourth-order valence-electron chi connectivity index (χ4n) is 3.87. The summed E-state index contributed by atoms with van der Waals surface area (Å²) in [6.45, 7) is 6.37. The number of piperazine rings is 1. The third-order valence-corrected chi connectivity index (χ3v) is 7.00. The topological polar surface area (TPSA) is 74.5 Å². The summed E-state index contributed by atoms with van der Waals surface area (Å²) in [6, 6.07) is 8.17. The highest BCUT2D eigenvalue weighted by molar-refractivity contribution is 9.10. The second-order valence-corrected chi connectivity index (χ2v) is 9.08. The molecule has 150 valence electrons. The summed E-state index contributed by atoms with van der Waals surface area (Å²) in [5.41, 5.74) is 1.12. The Kier molecular flexibility index (Phi) is 6.17. The minimum atomic E-state index is -0.264. The molecule has 2 aliphatic heterocycles. The number of aliphatic hydroxyl groups is 1. The van der Waals surface area contributed by atoms with Gasteiger partial charge in [-0.25, -0.2) is 4.98 Å². The number of nitrogens with zero attached hydrogens (tertiary/aromatic N) is 5. The first-order valence-corrected chi connectivity index (χ1v) is 11.3. The third kappa shape index (κ3) is 3.91. The van der Waals surface area contributed by atoms with E-state index in [1.807, 2.05) is 19.1 Å². The van der Waals surface area contributed by atoms with Crippen LogP contribution in [0.1, 0.15) is 29.1 Å². The minimum Gasteiger partial charge on any atom is -0.395 e. The predicted octanol–water partition coefficient (Wildman–Crippen LogP) is 2.07. The van der Waals surface area contributed by atoms with E-state index in [0.29, 0.717) is 17.5 Å². The Hall–Kier alpha value is -1.26. The zero-order valence-corrected chi connectivity index (χ0v) is 18.2. The van der Waals surface area contributed by atoms with Crippen LogP contribution < -0.4 is 0 Å². The minimum absolute atomic E-state index is 0.00923. The van der Waals surface area contributed by atoms with Gasteiger partial charge in [-0.15, -0.1) is 5.10 Å². The lowest BCUT2D eigenvalue weighted by Crippen LogP contribution is -2.51. The second kappa shape index (κ2) is 8.62. The maximum Gasteiger partial charge on any atom is 0.264 e. The molecule has 1 fully saturated rings. The summed E-state index contributed by atoms with van der Waals surface area (Å²) in [4.78, 5) is 22.4. The first-order valence-electron chi connectivity index (χ1n) is 9.60. The summed E-state index contributed by atoms with van der Waals surface area (Å²) in [6.07, 6.45) is 0.723. The molecule has 0 aliphatic carbocycles. The number of thioether (sulfide) groups is 1. The van der Waals surface area contributed by atoms with Crippen molar-refractivity contribution in [3.8, 4) is 0 Å². The molecule has 4 rings (SSSR count). The van der Waals surface area contributed by atoms with Gasteiger partial charge in [-0.1, -0.05) is 46.7 Å². The van der Waals surface area contributed by atoms with E-state index < -0.39 is 0 Å². The van der Waals surface area contributed by atoms with Crippen molar-refractivity contribution in [2.24, 2.45) is 0 Å². The van der Waals surface area contributed by atoms with Crippen LogP contribution in [0.2, 0.25) is 0 Å². The van der Waals surface area contributed by atoms with Gasteiger partial charge in [0.15, 0.2) is 11.0 Å². The quantitative estimate of drug-likeness (QED) is 0.699. The van der Waals surface area contributed by atoms with Gasteiger partial charge in [0.25, 0.3) is 5.91 Å². The van der Waals surface area contributed by atoms with E-state index in [-0.39, 0.29) is 23.8 Å². The van der Waals surface area contributed by atoms with Gasteiger partial charge < -0.3 is 5.11 Å². The van der Waals surface area contributed by atoms with Crippen molar-refractivity contribution in [2.75, 3.05) is 39.3 Å². The molecule has 1 N–H and O–H groups in total. The van der Waals surface area contributed by atoms with Crippen molar-refractivity contribution in [3.63, 3.8) is 0 Å². The normalized spacial score (nSPS) is 21.8. The average Bonchev–Trinajstić information content (AvgIpc) is 3.23. The number of fused-ring (bicyclic) bond motifs is 1. The first kappa shape index (κ1) is 20.0. The van der Waals surface area contributed by atoms with Gasteiger partial charge in [0.2, 0.25) is 0 Å². The van der Waals surface area contributed by atoms with Crippen LogP contribution in [0.15, 0.2) is 33.9 Å². The Morgan fingerprint density at radius 3 is 2.75 bits per heavy atom. The van der Waals surface area contributed by atoms with Crippen LogP contribution in [0, 0.1) is 0 Å². The van der Waals surface area contributed by atoms with E-state index in [1.54, 1.807) is 0 Å². The third-order valence-electron chi connectivity index (χ3n) is 5.32. The molecule has 0 saturated carbocycles. The molecule has 2 atom stereocenters. The highest BCUT2D eigenvalue weighted by Crippen LogP contribution is 2.41. The highest BCUT2D eigenvalue weighted by atomic mass is 79.9. The number of carbonyl (C=O) groups excluding carboxylic acids is 1. The SMILES string of the molecule is CCc1nc2n(n1)C(=O)C(C(c1cccc(Br)c1)N1CCN(CCO)CC1)S2. The summed E-state index contributed by atoms with van der Waals surface area (Å²) in [7, 11) is 0. The van der Waals surface area contributed by atoms with Gasteiger partial charge >= 0.3 is 0 Å². The van der Waals surface area contributed by atoms with Crippen LogP contribution in [-0.4, -0.2) is 80.2 Å². The smallest absolute Gasteiger partial charge is 0.264 e. The maximum absolute atomic E-state index is 13.2. The van der Waals surface area contributed by atoms with Crippen molar-refractivity contribution in [2.45, 2.75) is 29.8 Å². The van der Waals surface area contributed by atoms with E-state index in [0.717, 1.165) is 42.6 Å². The molecule has 0 amide bonds. The number of rotatable bonds is 6. The molecular formula is C19H24BrN5O2S. The number of aryl methyl sites for hydroxylation is 1. The molecule has 2 unspecified atom stereocenters. The summed E-state index contributed by atoms with van der Waals surface area (Å²) in [5, 5.41) is 14.0. The fourth-order valence-corrected chi connectivity index (χ4v) is 5.56. The van der Waals surface area contributed by atoms with Gasteiger partial charge in [0, 0.05) is 43.6 Å². The van der Waals surface area contributed by atoms with Crippen LogP contribution in [0.25, 0.3) is 0 Å². The van der Waals surface area contributed by atoms with Crippen molar-refractivity contribution in [1.82, 2.24) is 24.6 Å². The van der Waals surface area contributed by atoms with Crippen molar-refractivity contribution < 1.29 is 9.90 Å². The second-order valence-electron chi connectivity index (χ2n) is 7.05. The molecule has 28 heavy (non-hydrogen) atoms. The van der Waals surface area contributed by atoms with Crippen LogP contribution in [-0.2, 0) is 6.42 Å². The Labute approximate surface area is 177 Å². The molecule has 0 spiro atoms. The molecule has 1 aromatic carbocycles. The van der Waals surface area contributed by atoms with Gasteiger partial charge in [0.05, 0.1) is 12.6 Å². The number of hydrogen-bond acceptors (Lipinski definition) is 7. The summed E-state index contributed by atoms with van der Waals surface area (Å²) in [5.74, 6) is 0.723. The van der Waals surface area contributed by atoms with Gasteiger partial charge in [-0.2, -0.15) is 4.68 Å². The molecule has 0 radical (unpaired) electrons. The standard InChI is InChI=1S/C19H24BrN5O2S/c1-2-15-21-19-25(22-15)18(27)17(28-19)16(13-4-3-5-14(20)12-13)24-8-6-23(7-9-24)10-11-26/h3-5,12,16-17,26H,2,6-11H2,1H3. The van der Waals surface area contributed by atoms with Crippen LogP contribution in [0.3, 0.4) is 0 Å². The summed E-state index contributed by atoms with van der Waals surface area (Å²) < 4.78 is 2.50. The lowest BCUT2D eigenvalue weighted by molar-refractivity contribution is 0.0688. The van der Waals surface area contributed by atoms with Gasteiger partial charge in [-0.05, 0) is 17.7 Å². The Balaban J connectivity index is 1.61. The average molecular weight is 466 g/mol. The van der Waals surface area contributed by atoms with E-state index in [1.165, 1.54) is 16.4 Å². The lowest BCUT2D eigenvalue weighted by Gasteiger charge is -2.40. The number of carbonyl (C=O) groups is 1. The number of β-amino-alcohol motifs (C(OH)–C–C–N with tert-alkyl or cyclic N) is 1. The molecular weight excluding hydrogens is 442 g/mol. The van der Waals surface area contributed by atoms with E-state index in [9.17, 15) is 9.90 Å². The first-order chi connectivity index (χ1) is 13.6. The van der Waals surface area contributed by atoms with E-state index in [2.05, 4.69) is 47.9 Å².